The van der Waals surface area contributed by atoms with E-state index in [1.54, 1.807) is 55.6 Å². The number of rotatable bonds is 7. The van der Waals surface area contributed by atoms with Crippen molar-refractivity contribution in [2.75, 3.05) is 23.9 Å². The number of imide groups is 2. The van der Waals surface area contributed by atoms with Crippen molar-refractivity contribution < 1.29 is 33.8 Å². The van der Waals surface area contributed by atoms with Crippen LogP contribution in [0.15, 0.2) is 78.4 Å². The standard InChI is InChI=1S/C26H21N3O7/c1-35-20-12-4-17(5-13-20)27-23(31)15-36-21-10-2-16(3-11-21)14-22-24(32)28-26(34)29(25(22)33)18-6-8-19(30)9-7-18/h2-14,30H,15H2,1H3,(H,27,31)(H,28,32,34). The molecule has 0 bridgehead atoms. The van der Waals surface area contributed by atoms with E-state index in [-0.39, 0.29) is 29.5 Å². The van der Waals surface area contributed by atoms with Crippen molar-refractivity contribution in [1.82, 2.24) is 5.32 Å². The normalized spacial score (nSPS) is 14.4. The van der Waals surface area contributed by atoms with Gasteiger partial charge >= 0.3 is 6.03 Å². The average Bonchev–Trinajstić information content (AvgIpc) is 2.87. The number of ether oxygens (including phenoxy) is 2. The Hall–Kier alpha value is -5.12. The molecular formula is C26H21N3O7. The second-order valence-electron chi connectivity index (χ2n) is 7.61. The zero-order valence-electron chi connectivity index (χ0n) is 19.1. The molecular weight excluding hydrogens is 466 g/mol. The minimum Gasteiger partial charge on any atom is -0.508 e. The molecule has 5 amide bonds. The van der Waals surface area contributed by atoms with Crippen molar-refractivity contribution in [3.63, 3.8) is 0 Å². The Morgan fingerprint density at radius 1 is 0.944 bits per heavy atom. The molecule has 0 atom stereocenters. The molecule has 1 aliphatic rings. The number of hydrogen-bond donors (Lipinski definition) is 3. The Balaban J connectivity index is 1.40. The van der Waals surface area contributed by atoms with Crippen molar-refractivity contribution in [2.24, 2.45) is 0 Å². The predicted molar refractivity (Wildman–Crippen MR) is 131 cm³/mol. The van der Waals surface area contributed by atoms with Gasteiger partial charge in [0.1, 0.15) is 22.8 Å². The molecule has 0 saturated carbocycles. The summed E-state index contributed by atoms with van der Waals surface area (Å²) >= 11 is 0. The molecule has 10 nitrogen and oxygen atoms in total. The number of nitrogens with one attached hydrogen (secondary N) is 2. The molecule has 3 aromatic rings. The second-order valence-corrected chi connectivity index (χ2v) is 7.61. The molecule has 0 unspecified atom stereocenters. The number of hydrogen-bond acceptors (Lipinski definition) is 7. The zero-order chi connectivity index (χ0) is 25.7. The van der Waals surface area contributed by atoms with Gasteiger partial charge in [-0.15, -0.1) is 0 Å². The molecule has 36 heavy (non-hydrogen) atoms. The molecule has 3 aromatic carbocycles. The van der Waals surface area contributed by atoms with Gasteiger partial charge in [-0.05, 0) is 72.3 Å². The maximum Gasteiger partial charge on any atom is 0.335 e. The number of amides is 5. The van der Waals surface area contributed by atoms with Crippen LogP contribution in [-0.2, 0) is 14.4 Å². The maximum absolute atomic E-state index is 12.9. The van der Waals surface area contributed by atoms with Gasteiger partial charge < -0.3 is 19.9 Å². The van der Waals surface area contributed by atoms with Crippen molar-refractivity contribution >= 4 is 41.2 Å². The third-order valence-electron chi connectivity index (χ3n) is 5.14. The summed E-state index contributed by atoms with van der Waals surface area (Å²) < 4.78 is 10.6. The van der Waals surface area contributed by atoms with E-state index in [2.05, 4.69) is 10.6 Å². The summed E-state index contributed by atoms with van der Waals surface area (Å²) in [5, 5.41) is 14.3. The van der Waals surface area contributed by atoms with Crippen LogP contribution in [0.2, 0.25) is 0 Å². The van der Waals surface area contributed by atoms with Crippen LogP contribution in [0, 0.1) is 0 Å². The van der Waals surface area contributed by atoms with E-state index in [4.69, 9.17) is 9.47 Å². The minimum absolute atomic E-state index is 0.0315. The van der Waals surface area contributed by atoms with Crippen molar-refractivity contribution in [2.45, 2.75) is 0 Å². The Bertz CT molecular complexity index is 1330. The van der Waals surface area contributed by atoms with E-state index in [9.17, 15) is 24.3 Å². The smallest absolute Gasteiger partial charge is 0.335 e. The number of carbonyl (C=O) groups excluding carboxylic acids is 4. The van der Waals surface area contributed by atoms with Crippen LogP contribution in [0.25, 0.3) is 6.08 Å². The summed E-state index contributed by atoms with van der Waals surface area (Å²) in [6.45, 7) is -0.225. The van der Waals surface area contributed by atoms with E-state index in [0.29, 0.717) is 22.7 Å². The fourth-order valence-corrected chi connectivity index (χ4v) is 3.34. The van der Waals surface area contributed by atoms with E-state index in [0.717, 1.165) is 4.90 Å². The van der Waals surface area contributed by atoms with Gasteiger partial charge in [0.05, 0.1) is 12.8 Å². The highest BCUT2D eigenvalue weighted by atomic mass is 16.5. The number of barbiturate groups is 1. The summed E-state index contributed by atoms with van der Waals surface area (Å²) in [7, 11) is 1.55. The number of phenols is 1. The summed E-state index contributed by atoms with van der Waals surface area (Å²) in [5.41, 5.74) is 1.06. The van der Waals surface area contributed by atoms with Gasteiger partial charge in [-0.25, -0.2) is 9.69 Å². The van der Waals surface area contributed by atoms with Gasteiger partial charge in [0.2, 0.25) is 0 Å². The van der Waals surface area contributed by atoms with Gasteiger partial charge in [-0.1, -0.05) is 12.1 Å². The molecule has 1 aliphatic heterocycles. The highest BCUT2D eigenvalue weighted by Crippen LogP contribution is 2.24. The van der Waals surface area contributed by atoms with Crippen LogP contribution in [-0.4, -0.2) is 42.6 Å². The fraction of sp³-hybridized carbons (Fsp3) is 0.0769. The highest BCUT2D eigenvalue weighted by Gasteiger charge is 2.36. The topological polar surface area (TPSA) is 134 Å². The molecule has 0 radical (unpaired) electrons. The summed E-state index contributed by atoms with van der Waals surface area (Å²) in [6, 6.07) is 17.8. The number of benzene rings is 3. The molecule has 0 aromatic heterocycles. The van der Waals surface area contributed by atoms with Crippen LogP contribution < -0.4 is 25.0 Å². The van der Waals surface area contributed by atoms with Crippen LogP contribution in [0.1, 0.15) is 5.56 Å². The van der Waals surface area contributed by atoms with Crippen LogP contribution in [0.5, 0.6) is 17.2 Å². The lowest BCUT2D eigenvalue weighted by atomic mass is 10.1. The molecule has 10 heteroatoms. The van der Waals surface area contributed by atoms with Crippen LogP contribution >= 0.6 is 0 Å². The Morgan fingerprint density at radius 2 is 1.58 bits per heavy atom. The Kier molecular flexibility index (Phi) is 6.96. The third-order valence-corrected chi connectivity index (χ3v) is 5.14. The first kappa shape index (κ1) is 24.0. The van der Waals surface area contributed by atoms with Crippen molar-refractivity contribution in [3.05, 3.63) is 83.9 Å². The van der Waals surface area contributed by atoms with Crippen molar-refractivity contribution in [1.29, 1.82) is 0 Å². The number of phenolic OH excluding ortho intramolecular Hbond substituents is 1. The number of anilines is 2. The van der Waals surface area contributed by atoms with Gasteiger partial charge in [-0.3, -0.25) is 19.7 Å². The Labute approximate surface area is 205 Å². The first-order valence-corrected chi connectivity index (χ1v) is 10.7. The molecule has 3 N–H and O–H groups in total. The minimum atomic E-state index is -0.885. The van der Waals surface area contributed by atoms with E-state index < -0.39 is 17.8 Å². The lowest BCUT2D eigenvalue weighted by molar-refractivity contribution is -0.122. The average molecular weight is 487 g/mol. The predicted octanol–water partition coefficient (Wildman–Crippen LogP) is 3.08. The number of methoxy groups -OCH3 is 1. The lowest BCUT2D eigenvalue weighted by Crippen LogP contribution is -2.54. The summed E-state index contributed by atoms with van der Waals surface area (Å²) in [5.74, 6) is -0.931. The quantitative estimate of drug-likeness (QED) is 0.344. The number of urea groups is 1. The largest absolute Gasteiger partial charge is 0.508 e. The van der Waals surface area contributed by atoms with Crippen LogP contribution in [0.4, 0.5) is 16.2 Å². The first-order valence-electron chi connectivity index (χ1n) is 10.7. The van der Waals surface area contributed by atoms with Crippen molar-refractivity contribution in [3.8, 4) is 17.2 Å². The monoisotopic (exact) mass is 487 g/mol. The van der Waals surface area contributed by atoms with Crippen LogP contribution in [0.3, 0.4) is 0 Å². The van der Waals surface area contributed by atoms with E-state index >= 15 is 0 Å². The molecule has 4 rings (SSSR count). The van der Waals surface area contributed by atoms with Gasteiger partial charge in [0.15, 0.2) is 6.61 Å². The van der Waals surface area contributed by atoms with E-state index in [1.807, 2.05) is 0 Å². The molecule has 0 aliphatic carbocycles. The second kappa shape index (κ2) is 10.4. The molecule has 182 valence electrons. The molecule has 1 saturated heterocycles. The molecule has 0 spiro atoms. The molecule has 1 fully saturated rings. The Morgan fingerprint density at radius 3 is 2.22 bits per heavy atom. The maximum atomic E-state index is 12.9. The van der Waals surface area contributed by atoms with E-state index in [1.165, 1.54) is 30.3 Å². The summed E-state index contributed by atoms with van der Waals surface area (Å²) in [4.78, 5) is 50.4. The van der Waals surface area contributed by atoms with Gasteiger partial charge in [0.25, 0.3) is 17.7 Å². The SMILES string of the molecule is COc1ccc(NC(=O)COc2ccc(C=C3C(=O)NC(=O)N(c4ccc(O)cc4)C3=O)cc2)cc1. The van der Waals surface area contributed by atoms with Gasteiger partial charge in [0, 0.05) is 5.69 Å². The summed E-state index contributed by atoms with van der Waals surface area (Å²) in [6.07, 6.45) is 1.34. The zero-order valence-corrected chi connectivity index (χ0v) is 19.1. The number of carbonyl (C=O) groups is 4. The number of aromatic hydroxyl groups is 1. The first-order chi connectivity index (χ1) is 17.3. The van der Waals surface area contributed by atoms with Gasteiger partial charge in [-0.2, -0.15) is 0 Å². The number of nitrogens with zero attached hydrogens (tertiary/aromatic N) is 1. The highest BCUT2D eigenvalue weighted by molar-refractivity contribution is 6.39. The molecule has 1 heterocycles. The lowest BCUT2D eigenvalue weighted by Gasteiger charge is -2.26. The fourth-order valence-electron chi connectivity index (χ4n) is 3.34. The third kappa shape index (κ3) is 5.50.